The molecule has 0 atom stereocenters. The van der Waals surface area contributed by atoms with Crippen LogP contribution in [-0.4, -0.2) is 56.0 Å². The topological polar surface area (TPSA) is 83.0 Å². The molecule has 1 heterocycles. The lowest BCUT2D eigenvalue weighted by Gasteiger charge is -2.33. The summed E-state index contributed by atoms with van der Waals surface area (Å²) < 4.78 is 5.74. The van der Waals surface area contributed by atoms with Gasteiger partial charge in [0.15, 0.2) is 5.96 Å². The Morgan fingerprint density at radius 1 is 1.33 bits per heavy atom. The molecule has 1 aromatic carbocycles. The number of nitrogens with zero attached hydrogens (tertiary/aromatic N) is 2. The molecule has 1 aliphatic rings. The van der Waals surface area contributed by atoms with E-state index in [2.05, 4.69) is 36.5 Å². The van der Waals surface area contributed by atoms with E-state index in [0.29, 0.717) is 25.6 Å². The fraction of sp³-hybridized carbons (Fsp3) is 0.526. The molecule has 1 amide bonds. The number of aryl methyl sites for hydroxylation is 1. The zero-order chi connectivity index (χ0) is 19.8. The van der Waals surface area contributed by atoms with Crippen LogP contribution in [0.1, 0.15) is 25.3 Å². The summed E-state index contributed by atoms with van der Waals surface area (Å²) in [5, 5.41) is 6.12. The predicted molar refractivity (Wildman–Crippen MR) is 110 cm³/mol. The van der Waals surface area contributed by atoms with E-state index in [-0.39, 0.29) is 24.3 Å². The molecule has 0 aromatic heterocycles. The van der Waals surface area contributed by atoms with Crippen molar-refractivity contribution < 1.29 is 14.3 Å². The average Bonchev–Trinajstić information content (AvgIpc) is 2.67. The number of nitrogens with one attached hydrogen (secondary N) is 2. The quantitative estimate of drug-likeness (QED) is 0.419. The van der Waals surface area contributed by atoms with Crippen LogP contribution >= 0.6 is 15.9 Å². The second kappa shape index (κ2) is 10.3. The Balaban J connectivity index is 1.96. The van der Waals surface area contributed by atoms with Gasteiger partial charge in [-0.1, -0.05) is 22.0 Å². The minimum Gasteiger partial charge on any atom is -0.469 e. The van der Waals surface area contributed by atoms with Crippen LogP contribution in [0.4, 0.5) is 5.69 Å². The fourth-order valence-corrected chi connectivity index (χ4v) is 3.35. The molecular weight excluding hydrogens is 412 g/mol. The van der Waals surface area contributed by atoms with Crippen molar-refractivity contribution in [2.75, 3.05) is 38.6 Å². The summed E-state index contributed by atoms with van der Waals surface area (Å²) in [6, 6.07) is 5.75. The van der Waals surface area contributed by atoms with Gasteiger partial charge < -0.3 is 20.3 Å². The monoisotopic (exact) mass is 438 g/mol. The van der Waals surface area contributed by atoms with Crippen LogP contribution in [0.3, 0.4) is 0 Å². The van der Waals surface area contributed by atoms with E-state index in [9.17, 15) is 9.59 Å². The third kappa shape index (κ3) is 6.23. The molecule has 8 heteroatoms. The van der Waals surface area contributed by atoms with Gasteiger partial charge in [-0.3, -0.25) is 9.59 Å². The van der Waals surface area contributed by atoms with Crippen molar-refractivity contribution in [2.24, 2.45) is 10.9 Å². The van der Waals surface area contributed by atoms with Crippen molar-refractivity contribution in [1.82, 2.24) is 10.2 Å². The van der Waals surface area contributed by atoms with Crippen LogP contribution < -0.4 is 10.6 Å². The SMILES string of the molecule is CCNC(=NCC(=O)Nc1cc(Br)ccc1C)N1CCC(C(=O)OC)CC1. The molecule has 0 radical (unpaired) electrons. The maximum Gasteiger partial charge on any atom is 0.308 e. The number of methoxy groups -OCH3 is 1. The molecule has 0 bridgehead atoms. The minimum absolute atomic E-state index is 0.0330. The Hall–Kier alpha value is -2.09. The molecule has 27 heavy (non-hydrogen) atoms. The van der Waals surface area contributed by atoms with Crippen LogP contribution in [-0.2, 0) is 14.3 Å². The van der Waals surface area contributed by atoms with Gasteiger partial charge >= 0.3 is 5.97 Å². The maximum atomic E-state index is 12.3. The number of hydrogen-bond donors (Lipinski definition) is 2. The third-order valence-electron chi connectivity index (χ3n) is 4.51. The zero-order valence-corrected chi connectivity index (χ0v) is 17.6. The molecule has 2 N–H and O–H groups in total. The maximum absolute atomic E-state index is 12.3. The zero-order valence-electron chi connectivity index (χ0n) is 16.0. The van der Waals surface area contributed by atoms with Crippen LogP contribution in [0.25, 0.3) is 0 Å². The van der Waals surface area contributed by atoms with Crippen molar-refractivity contribution in [3.05, 3.63) is 28.2 Å². The highest BCUT2D eigenvalue weighted by atomic mass is 79.9. The van der Waals surface area contributed by atoms with Gasteiger partial charge in [-0.15, -0.1) is 0 Å². The molecule has 7 nitrogen and oxygen atoms in total. The largest absolute Gasteiger partial charge is 0.469 e. The lowest BCUT2D eigenvalue weighted by atomic mass is 9.97. The molecule has 148 valence electrons. The smallest absolute Gasteiger partial charge is 0.308 e. The number of piperidine rings is 1. The second-order valence-corrected chi connectivity index (χ2v) is 7.38. The Morgan fingerprint density at radius 2 is 2.04 bits per heavy atom. The highest BCUT2D eigenvalue weighted by molar-refractivity contribution is 9.10. The number of esters is 1. The number of ether oxygens (including phenoxy) is 1. The van der Waals surface area contributed by atoms with E-state index in [1.807, 2.05) is 32.0 Å². The summed E-state index contributed by atoms with van der Waals surface area (Å²) >= 11 is 3.41. The van der Waals surface area contributed by atoms with Gasteiger partial charge in [0.2, 0.25) is 5.91 Å². The van der Waals surface area contributed by atoms with Gasteiger partial charge in [0, 0.05) is 29.8 Å². The number of guanidine groups is 1. The Morgan fingerprint density at radius 3 is 2.67 bits per heavy atom. The number of hydrogen-bond acceptors (Lipinski definition) is 4. The van der Waals surface area contributed by atoms with Gasteiger partial charge in [0.05, 0.1) is 13.0 Å². The standard InChI is InChI=1S/C19H27BrN4O3/c1-4-21-19(24-9-7-14(8-10-24)18(26)27-3)22-12-17(25)23-16-11-15(20)6-5-13(16)2/h5-6,11,14H,4,7-10,12H2,1-3H3,(H,21,22)(H,23,25). The first kappa shape index (κ1) is 21.2. The number of aliphatic imine (C=N–C) groups is 1. The molecular formula is C19H27BrN4O3. The first-order valence-corrected chi connectivity index (χ1v) is 9.91. The van der Waals surface area contributed by atoms with Crippen molar-refractivity contribution in [3.8, 4) is 0 Å². The number of carbonyl (C=O) groups is 2. The molecule has 1 aromatic rings. The molecule has 0 saturated carbocycles. The van der Waals surface area contributed by atoms with Crippen LogP contribution in [0.2, 0.25) is 0 Å². The van der Waals surface area contributed by atoms with Gasteiger partial charge in [-0.25, -0.2) is 4.99 Å². The Kier molecular flexibility index (Phi) is 8.09. The Labute approximate surface area is 168 Å². The van der Waals surface area contributed by atoms with E-state index < -0.39 is 0 Å². The first-order chi connectivity index (χ1) is 12.9. The third-order valence-corrected chi connectivity index (χ3v) is 5.00. The van der Waals surface area contributed by atoms with Gasteiger partial charge in [-0.2, -0.15) is 0 Å². The highest BCUT2D eigenvalue weighted by Crippen LogP contribution is 2.21. The molecule has 0 spiro atoms. The highest BCUT2D eigenvalue weighted by Gasteiger charge is 2.27. The van der Waals surface area contributed by atoms with Crippen molar-refractivity contribution in [1.29, 1.82) is 0 Å². The van der Waals surface area contributed by atoms with E-state index in [1.54, 1.807) is 0 Å². The summed E-state index contributed by atoms with van der Waals surface area (Å²) in [4.78, 5) is 30.5. The average molecular weight is 439 g/mol. The summed E-state index contributed by atoms with van der Waals surface area (Å²) in [5.41, 5.74) is 1.76. The van der Waals surface area contributed by atoms with E-state index in [1.165, 1.54) is 7.11 Å². The molecule has 0 unspecified atom stereocenters. The number of carbonyl (C=O) groups excluding carboxylic acids is 2. The van der Waals surface area contributed by atoms with Gasteiger partial charge in [0.25, 0.3) is 0 Å². The van der Waals surface area contributed by atoms with Crippen molar-refractivity contribution in [3.63, 3.8) is 0 Å². The van der Waals surface area contributed by atoms with E-state index >= 15 is 0 Å². The Bertz CT molecular complexity index is 700. The first-order valence-electron chi connectivity index (χ1n) is 9.11. The molecule has 2 rings (SSSR count). The summed E-state index contributed by atoms with van der Waals surface area (Å²) in [6.45, 7) is 6.09. The summed E-state index contributed by atoms with van der Waals surface area (Å²) in [6.07, 6.45) is 1.45. The number of amides is 1. The van der Waals surface area contributed by atoms with E-state index in [4.69, 9.17) is 4.74 Å². The molecule has 1 fully saturated rings. The number of halogens is 1. The molecule has 0 aliphatic carbocycles. The normalized spacial score (nSPS) is 15.4. The lowest BCUT2D eigenvalue weighted by molar-refractivity contribution is -0.146. The van der Waals surface area contributed by atoms with Gasteiger partial charge in [-0.05, 0) is 44.4 Å². The number of anilines is 1. The van der Waals surface area contributed by atoms with Crippen LogP contribution in [0.15, 0.2) is 27.7 Å². The second-order valence-electron chi connectivity index (χ2n) is 6.46. The number of rotatable bonds is 5. The lowest BCUT2D eigenvalue weighted by Crippen LogP contribution is -2.47. The summed E-state index contributed by atoms with van der Waals surface area (Å²) in [5.74, 6) is 0.315. The van der Waals surface area contributed by atoms with Crippen LogP contribution in [0, 0.1) is 12.8 Å². The molecule has 1 saturated heterocycles. The fourth-order valence-electron chi connectivity index (χ4n) is 2.98. The number of likely N-dealkylation sites (tertiary alicyclic amines) is 1. The predicted octanol–water partition coefficient (Wildman–Crippen LogP) is 2.55. The minimum atomic E-state index is -0.170. The number of benzene rings is 1. The van der Waals surface area contributed by atoms with Gasteiger partial charge in [0.1, 0.15) is 6.54 Å². The van der Waals surface area contributed by atoms with E-state index in [0.717, 1.165) is 28.6 Å². The van der Waals surface area contributed by atoms with Crippen LogP contribution in [0.5, 0.6) is 0 Å². The van der Waals surface area contributed by atoms with Crippen molar-refractivity contribution in [2.45, 2.75) is 26.7 Å². The molecule has 1 aliphatic heterocycles. The van der Waals surface area contributed by atoms with Crippen molar-refractivity contribution >= 4 is 39.5 Å². The summed E-state index contributed by atoms with van der Waals surface area (Å²) in [7, 11) is 1.42.